The third-order valence-corrected chi connectivity index (χ3v) is 3.32. The number of rotatable bonds is 7. The smallest absolute Gasteiger partial charge is 0.249 e. The summed E-state index contributed by atoms with van der Waals surface area (Å²) in [5.41, 5.74) is 3.11. The Balaban J connectivity index is 1.87. The van der Waals surface area contributed by atoms with Gasteiger partial charge >= 0.3 is 0 Å². The first kappa shape index (κ1) is 18.8. The van der Waals surface area contributed by atoms with Crippen molar-refractivity contribution in [2.75, 3.05) is 19.5 Å². The summed E-state index contributed by atoms with van der Waals surface area (Å²) in [6, 6.07) is 11.6. The Morgan fingerprint density at radius 2 is 1.88 bits per heavy atom. The van der Waals surface area contributed by atoms with E-state index in [9.17, 15) is 14.7 Å². The summed E-state index contributed by atoms with van der Waals surface area (Å²) in [7, 11) is 2.95. The number of hydrazone groups is 1. The van der Waals surface area contributed by atoms with E-state index in [-0.39, 0.29) is 11.5 Å². The van der Waals surface area contributed by atoms with Gasteiger partial charge in [-0.25, -0.2) is 5.43 Å². The summed E-state index contributed by atoms with van der Waals surface area (Å²) < 4.78 is 10.0. The molecule has 0 bridgehead atoms. The Bertz CT molecular complexity index is 820. The lowest BCUT2D eigenvalue weighted by Gasteiger charge is -2.06. The molecule has 2 rings (SSSR count). The van der Waals surface area contributed by atoms with E-state index < -0.39 is 18.2 Å². The number of phenolic OH excluding ortho intramolecular Hbond substituents is 1. The van der Waals surface area contributed by atoms with Crippen LogP contribution in [-0.4, -0.2) is 37.4 Å². The minimum Gasteiger partial charge on any atom is -0.504 e. The first-order valence-corrected chi connectivity index (χ1v) is 7.65. The highest BCUT2D eigenvalue weighted by atomic mass is 16.5. The molecule has 0 unspecified atom stereocenters. The number of hydrogen-bond acceptors (Lipinski definition) is 6. The molecule has 8 nitrogen and oxygen atoms in total. The van der Waals surface area contributed by atoms with Crippen LogP contribution < -0.4 is 20.2 Å². The summed E-state index contributed by atoms with van der Waals surface area (Å²) >= 11 is 0. The molecule has 2 amide bonds. The van der Waals surface area contributed by atoms with Gasteiger partial charge in [-0.05, 0) is 24.3 Å². The van der Waals surface area contributed by atoms with Crippen LogP contribution in [0.5, 0.6) is 17.2 Å². The standard InChI is InChI=1S/C18H19N3O5/c1-25-14-7-4-6-13(9-14)20-16(22)10-17(23)21-19-11-12-5-3-8-15(26-2)18(12)24/h3-9,11,24H,10H2,1-2H3,(H,20,22)(H,21,23)/b19-11+. The molecule has 2 aromatic rings. The highest BCUT2D eigenvalue weighted by molar-refractivity contribution is 6.03. The molecule has 136 valence electrons. The molecule has 0 heterocycles. The number of benzene rings is 2. The number of amides is 2. The van der Waals surface area contributed by atoms with Crippen molar-refractivity contribution in [3.63, 3.8) is 0 Å². The van der Waals surface area contributed by atoms with E-state index in [1.807, 2.05) is 0 Å². The average molecular weight is 357 g/mol. The fourth-order valence-electron chi connectivity index (χ4n) is 2.07. The van der Waals surface area contributed by atoms with E-state index in [4.69, 9.17) is 9.47 Å². The lowest BCUT2D eigenvalue weighted by molar-refractivity contribution is -0.126. The highest BCUT2D eigenvalue weighted by Gasteiger charge is 2.10. The summed E-state index contributed by atoms with van der Waals surface area (Å²) in [5, 5.41) is 16.2. The van der Waals surface area contributed by atoms with Crippen LogP contribution in [0.1, 0.15) is 12.0 Å². The van der Waals surface area contributed by atoms with Crippen molar-refractivity contribution in [2.24, 2.45) is 5.10 Å². The topological polar surface area (TPSA) is 109 Å². The molecule has 0 radical (unpaired) electrons. The minimum absolute atomic E-state index is 0.0937. The van der Waals surface area contributed by atoms with Crippen LogP contribution in [0.4, 0.5) is 5.69 Å². The molecule has 26 heavy (non-hydrogen) atoms. The number of phenols is 1. The zero-order chi connectivity index (χ0) is 18.9. The highest BCUT2D eigenvalue weighted by Crippen LogP contribution is 2.27. The molecule has 0 aliphatic rings. The van der Waals surface area contributed by atoms with Crippen molar-refractivity contribution in [2.45, 2.75) is 6.42 Å². The second kappa shape index (κ2) is 9.07. The summed E-state index contributed by atoms with van der Waals surface area (Å²) in [5.74, 6) is -0.295. The number of anilines is 1. The van der Waals surface area contributed by atoms with Gasteiger partial charge in [-0.15, -0.1) is 0 Å². The van der Waals surface area contributed by atoms with Gasteiger partial charge in [0.15, 0.2) is 11.5 Å². The van der Waals surface area contributed by atoms with E-state index in [0.717, 1.165) is 0 Å². The number of ether oxygens (including phenoxy) is 2. The second-order valence-electron chi connectivity index (χ2n) is 5.15. The van der Waals surface area contributed by atoms with Crippen LogP contribution in [-0.2, 0) is 9.59 Å². The van der Waals surface area contributed by atoms with Gasteiger partial charge in [0.2, 0.25) is 11.8 Å². The third-order valence-electron chi connectivity index (χ3n) is 3.32. The van der Waals surface area contributed by atoms with Gasteiger partial charge in [0.25, 0.3) is 0 Å². The Hall–Kier alpha value is -3.55. The fourth-order valence-corrected chi connectivity index (χ4v) is 2.07. The van der Waals surface area contributed by atoms with Crippen molar-refractivity contribution in [1.82, 2.24) is 5.43 Å². The molecule has 0 aliphatic heterocycles. The maximum Gasteiger partial charge on any atom is 0.249 e. The molecule has 8 heteroatoms. The second-order valence-corrected chi connectivity index (χ2v) is 5.15. The third kappa shape index (κ3) is 5.23. The number of methoxy groups -OCH3 is 2. The maximum absolute atomic E-state index is 11.9. The summed E-state index contributed by atoms with van der Waals surface area (Å²) in [4.78, 5) is 23.6. The van der Waals surface area contributed by atoms with Crippen LogP contribution in [0.3, 0.4) is 0 Å². The first-order valence-electron chi connectivity index (χ1n) is 7.65. The SMILES string of the molecule is COc1cccc(NC(=O)CC(=O)N/N=C/c2cccc(OC)c2O)c1. The lowest BCUT2D eigenvalue weighted by Crippen LogP contribution is -2.24. The van der Waals surface area contributed by atoms with Gasteiger partial charge in [-0.3, -0.25) is 9.59 Å². The predicted octanol–water partition coefficient (Wildman–Crippen LogP) is 1.89. The normalized spacial score (nSPS) is 10.4. The molecule has 0 saturated heterocycles. The number of hydrogen-bond donors (Lipinski definition) is 3. The van der Waals surface area contributed by atoms with E-state index >= 15 is 0 Å². The molecule has 0 spiro atoms. The minimum atomic E-state index is -0.593. The molecule has 0 saturated carbocycles. The van der Waals surface area contributed by atoms with E-state index in [2.05, 4.69) is 15.8 Å². The van der Waals surface area contributed by atoms with Gasteiger partial charge in [-0.2, -0.15) is 5.10 Å². The monoisotopic (exact) mass is 357 g/mol. The van der Waals surface area contributed by atoms with Crippen LogP contribution in [0, 0.1) is 0 Å². The van der Waals surface area contributed by atoms with E-state index in [0.29, 0.717) is 17.0 Å². The number of carbonyl (C=O) groups is 2. The van der Waals surface area contributed by atoms with Gasteiger partial charge in [-0.1, -0.05) is 12.1 Å². The predicted molar refractivity (Wildman–Crippen MR) is 96.6 cm³/mol. The maximum atomic E-state index is 11.9. The van der Waals surface area contributed by atoms with Gasteiger partial charge in [0.05, 0.1) is 20.4 Å². The lowest BCUT2D eigenvalue weighted by atomic mass is 10.2. The summed E-state index contributed by atoms with van der Waals surface area (Å²) in [6.45, 7) is 0. The zero-order valence-corrected chi connectivity index (χ0v) is 14.4. The Labute approximate surface area is 150 Å². The van der Waals surface area contributed by atoms with Crippen molar-refractivity contribution >= 4 is 23.7 Å². The number of nitrogens with one attached hydrogen (secondary N) is 2. The average Bonchev–Trinajstić information content (AvgIpc) is 2.63. The Morgan fingerprint density at radius 3 is 2.62 bits per heavy atom. The summed E-state index contributed by atoms with van der Waals surface area (Å²) in [6.07, 6.45) is 0.856. The largest absolute Gasteiger partial charge is 0.504 e. The van der Waals surface area contributed by atoms with E-state index in [1.165, 1.54) is 20.4 Å². The van der Waals surface area contributed by atoms with Gasteiger partial charge in [0.1, 0.15) is 12.2 Å². The molecule has 0 fully saturated rings. The van der Waals surface area contributed by atoms with Crippen LogP contribution in [0.2, 0.25) is 0 Å². The fraction of sp³-hybridized carbons (Fsp3) is 0.167. The van der Waals surface area contributed by atoms with Crippen molar-refractivity contribution in [1.29, 1.82) is 0 Å². The molecule has 0 aromatic heterocycles. The van der Waals surface area contributed by atoms with Crippen molar-refractivity contribution in [3.8, 4) is 17.2 Å². The number of carbonyl (C=O) groups excluding carboxylic acids is 2. The van der Waals surface area contributed by atoms with Crippen LogP contribution in [0.15, 0.2) is 47.6 Å². The Morgan fingerprint density at radius 1 is 1.12 bits per heavy atom. The van der Waals surface area contributed by atoms with Crippen molar-refractivity contribution < 1.29 is 24.2 Å². The molecule has 2 aromatic carbocycles. The van der Waals surface area contributed by atoms with Crippen LogP contribution >= 0.6 is 0 Å². The molecular formula is C18H19N3O5. The quantitative estimate of drug-likeness (QED) is 0.398. The molecular weight excluding hydrogens is 338 g/mol. The first-order chi connectivity index (χ1) is 12.5. The van der Waals surface area contributed by atoms with Crippen LogP contribution in [0.25, 0.3) is 0 Å². The van der Waals surface area contributed by atoms with Crippen molar-refractivity contribution in [3.05, 3.63) is 48.0 Å². The number of aromatic hydroxyl groups is 1. The van der Waals surface area contributed by atoms with Gasteiger partial charge in [0, 0.05) is 17.3 Å². The Kier molecular flexibility index (Phi) is 6.55. The molecule has 0 atom stereocenters. The molecule has 0 aliphatic carbocycles. The number of nitrogens with zero attached hydrogens (tertiary/aromatic N) is 1. The van der Waals surface area contributed by atoms with Gasteiger partial charge < -0.3 is 19.9 Å². The zero-order valence-electron chi connectivity index (χ0n) is 14.4. The molecule has 3 N–H and O–H groups in total. The number of para-hydroxylation sites is 1. The van der Waals surface area contributed by atoms with E-state index in [1.54, 1.807) is 42.5 Å².